The van der Waals surface area contributed by atoms with Gasteiger partial charge < -0.3 is 4.74 Å². The van der Waals surface area contributed by atoms with Crippen molar-refractivity contribution in [2.24, 2.45) is 51.8 Å². The summed E-state index contributed by atoms with van der Waals surface area (Å²) >= 11 is 0. The van der Waals surface area contributed by atoms with Gasteiger partial charge in [-0.05, 0) is 112 Å². The molecule has 0 amide bonds. The quantitative estimate of drug-likeness (QED) is 0.134. The molecule has 4 aliphatic rings. The van der Waals surface area contributed by atoms with E-state index in [-0.39, 0.29) is 53.4 Å². The second-order valence-electron chi connectivity index (χ2n) is 16.4. The van der Waals surface area contributed by atoms with Crippen molar-refractivity contribution in [3.05, 3.63) is 11.6 Å². The Morgan fingerprint density at radius 3 is 2.30 bits per heavy atom. The van der Waals surface area contributed by atoms with E-state index in [1.165, 1.54) is 11.8 Å². The lowest BCUT2D eigenvalue weighted by Gasteiger charge is -2.58. The molecule has 0 bridgehead atoms. The highest BCUT2D eigenvalue weighted by atomic mass is 32.2. The largest absolute Gasteiger partial charge is 0.462 e. The van der Waals surface area contributed by atoms with E-state index in [9.17, 15) is 21.6 Å². The third-order valence-electron chi connectivity index (χ3n) is 11.9. The fourth-order valence-electron chi connectivity index (χ4n) is 9.71. The van der Waals surface area contributed by atoms with E-state index in [0.717, 1.165) is 70.5 Å². The molecule has 0 aliphatic heterocycles. The molecule has 0 aromatic rings. The smallest absolute Gasteiger partial charge is 0.311 e. The fourth-order valence-corrected chi connectivity index (χ4v) is 10.8. The van der Waals surface area contributed by atoms with Crippen LogP contribution >= 0.6 is 0 Å². The lowest BCUT2D eigenvalue weighted by atomic mass is 9.47. The summed E-state index contributed by atoms with van der Waals surface area (Å²) in [6.07, 6.45) is 13.7. The zero-order valence-electron chi connectivity index (χ0n) is 28.6. The van der Waals surface area contributed by atoms with Gasteiger partial charge in [0.15, 0.2) is 0 Å². The second kappa shape index (κ2) is 12.9. The highest BCUT2D eigenvalue weighted by Gasteiger charge is 2.62. The Labute approximate surface area is 267 Å². The van der Waals surface area contributed by atoms with Crippen LogP contribution < -0.4 is 0 Å². The van der Waals surface area contributed by atoms with E-state index in [2.05, 4.69) is 26.8 Å². The molecule has 8 nitrogen and oxygen atoms in total. The van der Waals surface area contributed by atoms with Gasteiger partial charge >= 0.3 is 5.97 Å². The van der Waals surface area contributed by atoms with E-state index in [1.807, 2.05) is 27.7 Å². The Hall–Kier alpha value is -0.970. The van der Waals surface area contributed by atoms with Crippen LogP contribution in [0.1, 0.15) is 113 Å². The van der Waals surface area contributed by atoms with Crippen molar-refractivity contribution < 1.29 is 34.7 Å². The van der Waals surface area contributed by atoms with Gasteiger partial charge in [0.2, 0.25) is 0 Å². The van der Waals surface area contributed by atoms with Crippen LogP contribution in [0.25, 0.3) is 0 Å². The first kappa shape index (κ1) is 35.9. The molecule has 0 saturated heterocycles. The summed E-state index contributed by atoms with van der Waals surface area (Å²) in [4.78, 5) is 12.6. The SMILES string of the molecule is C[C@H](CCC[C@@H](C)[C@H]1[C@@H](OS(C)(=O)=O)C[C@H]2[C@@H]3CC=C4C[C@@H](OC(=O)C(C)(C)C)CC[C@]4(C)[C@H]3CC[C@]12C)COS(C)(=O)=O. The summed E-state index contributed by atoms with van der Waals surface area (Å²) in [7, 11) is -7.06. The van der Waals surface area contributed by atoms with Gasteiger partial charge in [-0.15, -0.1) is 0 Å². The molecule has 0 spiro atoms. The lowest BCUT2D eigenvalue weighted by Crippen LogP contribution is -2.51. The molecule has 3 saturated carbocycles. The highest BCUT2D eigenvalue weighted by molar-refractivity contribution is 7.86. The van der Waals surface area contributed by atoms with Gasteiger partial charge in [0, 0.05) is 6.42 Å². The van der Waals surface area contributed by atoms with Gasteiger partial charge in [0.05, 0.1) is 30.6 Å². The Morgan fingerprint density at radius 2 is 1.68 bits per heavy atom. The van der Waals surface area contributed by atoms with E-state index in [4.69, 9.17) is 13.1 Å². The molecular formula is C34H58O8S2. The topological polar surface area (TPSA) is 113 Å². The Morgan fingerprint density at radius 1 is 1.00 bits per heavy atom. The van der Waals surface area contributed by atoms with Crippen LogP contribution in [0.3, 0.4) is 0 Å². The van der Waals surface area contributed by atoms with Gasteiger partial charge in [-0.3, -0.25) is 13.2 Å². The van der Waals surface area contributed by atoms with Crippen LogP contribution in [-0.4, -0.2) is 54.1 Å². The maximum atomic E-state index is 12.6. The average Bonchev–Trinajstić information content (AvgIpc) is 3.16. The number of allylic oxidation sites excluding steroid dienone is 1. The minimum absolute atomic E-state index is 0.0118. The number of carbonyl (C=O) groups is 1. The zero-order valence-corrected chi connectivity index (χ0v) is 30.2. The molecule has 0 radical (unpaired) electrons. The van der Waals surface area contributed by atoms with Gasteiger partial charge in [-0.1, -0.05) is 52.2 Å². The normalized spacial score (nSPS) is 37.2. The summed E-state index contributed by atoms with van der Waals surface area (Å²) in [5, 5.41) is 0. The van der Waals surface area contributed by atoms with Crippen molar-refractivity contribution in [2.75, 3.05) is 19.1 Å². The molecule has 254 valence electrons. The van der Waals surface area contributed by atoms with Crippen LogP contribution in [0.15, 0.2) is 11.6 Å². The van der Waals surface area contributed by atoms with Crippen LogP contribution in [0.2, 0.25) is 0 Å². The summed E-state index contributed by atoms with van der Waals surface area (Å²) in [5.41, 5.74) is 1.01. The maximum Gasteiger partial charge on any atom is 0.311 e. The molecule has 10 heteroatoms. The number of hydrogen-bond acceptors (Lipinski definition) is 8. The minimum atomic E-state index is -3.61. The molecule has 10 atom stereocenters. The number of esters is 1. The molecule has 0 N–H and O–H groups in total. The number of fused-ring (bicyclic) bond motifs is 5. The zero-order chi connectivity index (χ0) is 32.9. The van der Waals surface area contributed by atoms with Crippen molar-refractivity contribution in [1.29, 1.82) is 0 Å². The first-order valence-electron chi connectivity index (χ1n) is 16.8. The van der Waals surface area contributed by atoms with Crippen molar-refractivity contribution in [3.63, 3.8) is 0 Å². The summed E-state index contributed by atoms with van der Waals surface area (Å²) in [5.74, 6) is 1.79. The third-order valence-corrected chi connectivity index (χ3v) is 13.0. The second-order valence-corrected chi connectivity index (χ2v) is 19.7. The van der Waals surface area contributed by atoms with Crippen LogP contribution in [0.4, 0.5) is 0 Å². The molecule has 44 heavy (non-hydrogen) atoms. The van der Waals surface area contributed by atoms with Crippen molar-refractivity contribution >= 4 is 26.2 Å². The van der Waals surface area contributed by atoms with Crippen LogP contribution in [-0.2, 0) is 38.1 Å². The maximum absolute atomic E-state index is 12.6. The Bertz CT molecular complexity index is 1300. The predicted molar refractivity (Wildman–Crippen MR) is 173 cm³/mol. The van der Waals surface area contributed by atoms with Gasteiger partial charge in [-0.2, -0.15) is 16.8 Å². The molecule has 0 aromatic heterocycles. The molecule has 0 unspecified atom stereocenters. The predicted octanol–water partition coefficient (Wildman–Crippen LogP) is 6.90. The summed E-state index contributed by atoms with van der Waals surface area (Å²) in [6.45, 7) is 15.0. The van der Waals surface area contributed by atoms with Crippen molar-refractivity contribution in [1.82, 2.24) is 0 Å². The molecule has 4 rings (SSSR count). The van der Waals surface area contributed by atoms with E-state index in [1.54, 1.807) is 0 Å². The first-order chi connectivity index (χ1) is 20.1. The third kappa shape index (κ3) is 7.93. The average molecular weight is 659 g/mol. The Balaban J connectivity index is 1.49. The standard InChI is InChI=1S/C34H58O8S2/c1-22(21-40-43(8,36)37)11-10-12-23(2)30-29(42-44(9,38)39)20-28-26-14-13-24-19-25(41-31(35)32(3,4)5)15-17-33(24,6)27(26)16-18-34(28,30)7/h13,22-23,25-30H,10-12,14-21H2,1-9H3/t22-,23-,25+,26-,27+,28+,29+,30+,33+,34+/m1/s1. The van der Waals surface area contributed by atoms with Gasteiger partial charge in [0.25, 0.3) is 20.2 Å². The molecule has 0 heterocycles. The van der Waals surface area contributed by atoms with Crippen molar-refractivity contribution in [2.45, 2.75) is 125 Å². The summed E-state index contributed by atoms with van der Waals surface area (Å²) < 4.78 is 64.6. The van der Waals surface area contributed by atoms with E-state index in [0.29, 0.717) is 17.8 Å². The lowest BCUT2D eigenvalue weighted by molar-refractivity contribution is -0.161. The summed E-state index contributed by atoms with van der Waals surface area (Å²) in [6, 6.07) is 0. The minimum Gasteiger partial charge on any atom is -0.462 e. The van der Waals surface area contributed by atoms with Gasteiger partial charge in [-0.25, -0.2) is 0 Å². The number of carbonyl (C=O) groups excluding carboxylic acids is 1. The van der Waals surface area contributed by atoms with Crippen LogP contribution in [0, 0.1) is 51.8 Å². The molecular weight excluding hydrogens is 601 g/mol. The van der Waals surface area contributed by atoms with Crippen LogP contribution in [0.5, 0.6) is 0 Å². The number of rotatable bonds is 11. The van der Waals surface area contributed by atoms with E-state index < -0.39 is 25.7 Å². The first-order valence-corrected chi connectivity index (χ1v) is 20.4. The molecule has 3 fully saturated rings. The van der Waals surface area contributed by atoms with Crippen molar-refractivity contribution in [3.8, 4) is 0 Å². The highest BCUT2D eigenvalue weighted by Crippen LogP contribution is 2.68. The Kier molecular flexibility index (Phi) is 10.5. The fraction of sp³-hybridized carbons (Fsp3) is 0.912. The monoisotopic (exact) mass is 658 g/mol. The van der Waals surface area contributed by atoms with Gasteiger partial charge in [0.1, 0.15) is 6.10 Å². The number of hydrogen-bond donors (Lipinski definition) is 0. The number of ether oxygens (including phenoxy) is 1. The molecule has 4 aliphatic carbocycles. The van der Waals surface area contributed by atoms with E-state index >= 15 is 0 Å². The molecule has 0 aromatic carbocycles.